The Morgan fingerprint density at radius 2 is 2.18 bits per heavy atom. The molecule has 1 rings (SSSR count). The van der Waals surface area contributed by atoms with Crippen LogP contribution in [0.2, 0.25) is 5.02 Å². The van der Waals surface area contributed by atoms with Gasteiger partial charge in [-0.2, -0.15) is 0 Å². The molecule has 17 heavy (non-hydrogen) atoms. The molecule has 0 aliphatic carbocycles. The topological polar surface area (TPSA) is 35.5 Å². The summed E-state index contributed by atoms with van der Waals surface area (Å²) >= 11 is 14.7. The van der Waals surface area contributed by atoms with Crippen molar-refractivity contribution in [1.82, 2.24) is 0 Å². The van der Waals surface area contributed by atoms with Gasteiger partial charge in [-0.05, 0) is 30.2 Å². The molecule has 0 aromatic heterocycles. The van der Waals surface area contributed by atoms with Crippen molar-refractivity contribution in [3.05, 3.63) is 22.7 Å². The molecule has 1 aromatic carbocycles. The molecule has 0 bridgehead atoms. The van der Waals surface area contributed by atoms with Gasteiger partial charge in [-0.1, -0.05) is 27.5 Å². The number of carbonyl (C=O) groups excluding carboxylic acids is 1. The van der Waals surface area contributed by atoms with Gasteiger partial charge in [0.25, 0.3) is 5.24 Å². The lowest BCUT2D eigenvalue weighted by Gasteiger charge is -2.13. The monoisotopic (exact) mass is 340 g/mol. The number of alkyl halides is 1. The number of hydrogen-bond acceptors (Lipinski definition) is 3. The van der Waals surface area contributed by atoms with Crippen LogP contribution in [0, 0.1) is 0 Å². The minimum atomic E-state index is -0.622. The van der Waals surface area contributed by atoms with Gasteiger partial charge in [0.1, 0.15) is 0 Å². The van der Waals surface area contributed by atoms with Gasteiger partial charge in [-0.3, -0.25) is 4.79 Å². The van der Waals surface area contributed by atoms with Gasteiger partial charge in [-0.15, -0.1) is 0 Å². The van der Waals surface area contributed by atoms with E-state index in [0.29, 0.717) is 18.1 Å². The summed E-state index contributed by atoms with van der Waals surface area (Å²) < 4.78 is 10.6. The second-order valence-corrected chi connectivity index (χ2v) is 4.64. The van der Waals surface area contributed by atoms with Gasteiger partial charge in [0.2, 0.25) is 0 Å². The van der Waals surface area contributed by atoms with E-state index in [9.17, 15) is 4.79 Å². The SMILES string of the molecule is COc1ccc(C(=O)Cl)c(Cl)c1OCCCBr. The van der Waals surface area contributed by atoms with Crippen molar-refractivity contribution in [3.63, 3.8) is 0 Å². The number of rotatable bonds is 6. The first kappa shape index (κ1) is 14.6. The predicted octanol–water partition coefficient (Wildman–Crippen LogP) is 3.89. The molecule has 0 aliphatic rings. The number of benzene rings is 1. The summed E-state index contributed by atoms with van der Waals surface area (Å²) in [6, 6.07) is 3.11. The van der Waals surface area contributed by atoms with Gasteiger partial charge in [0.15, 0.2) is 11.5 Å². The largest absolute Gasteiger partial charge is 0.493 e. The molecular weight excluding hydrogens is 331 g/mol. The molecule has 1 aromatic rings. The quantitative estimate of drug-likeness (QED) is 0.447. The Hall–Kier alpha value is -0.450. The molecule has 0 unspecified atom stereocenters. The number of halogens is 3. The van der Waals surface area contributed by atoms with Crippen molar-refractivity contribution in [2.75, 3.05) is 19.0 Å². The summed E-state index contributed by atoms with van der Waals surface area (Å²) in [6.07, 6.45) is 0.818. The van der Waals surface area contributed by atoms with Crippen molar-refractivity contribution in [1.29, 1.82) is 0 Å². The maximum atomic E-state index is 11.1. The molecule has 3 nitrogen and oxygen atoms in total. The van der Waals surface area contributed by atoms with Crippen molar-refractivity contribution in [3.8, 4) is 11.5 Å². The van der Waals surface area contributed by atoms with Crippen molar-refractivity contribution >= 4 is 44.4 Å². The number of ether oxygens (including phenoxy) is 2. The Kier molecular flexibility index (Phi) is 6.09. The van der Waals surface area contributed by atoms with Crippen LogP contribution in [0.25, 0.3) is 0 Å². The molecule has 0 radical (unpaired) electrons. The minimum Gasteiger partial charge on any atom is -0.493 e. The Morgan fingerprint density at radius 1 is 1.47 bits per heavy atom. The maximum absolute atomic E-state index is 11.1. The average Bonchev–Trinajstić information content (AvgIpc) is 2.30. The third-order valence-corrected chi connectivity index (χ3v) is 3.16. The van der Waals surface area contributed by atoms with E-state index in [1.165, 1.54) is 13.2 Å². The van der Waals surface area contributed by atoms with Crippen LogP contribution in [0.1, 0.15) is 16.8 Å². The van der Waals surface area contributed by atoms with Crippen LogP contribution in [0.4, 0.5) is 0 Å². The van der Waals surface area contributed by atoms with Crippen LogP contribution in [0.5, 0.6) is 11.5 Å². The lowest BCUT2D eigenvalue weighted by Crippen LogP contribution is -2.02. The van der Waals surface area contributed by atoms with E-state index in [2.05, 4.69) is 15.9 Å². The Balaban J connectivity index is 3.04. The third-order valence-electron chi connectivity index (χ3n) is 2.02. The lowest BCUT2D eigenvalue weighted by atomic mass is 10.2. The first-order chi connectivity index (χ1) is 8.11. The van der Waals surface area contributed by atoms with Gasteiger partial charge in [-0.25, -0.2) is 0 Å². The normalized spacial score (nSPS) is 10.1. The van der Waals surface area contributed by atoms with E-state index in [0.717, 1.165) is 11.8 Å². The minimum absolute atomic E-state index is 0.180. The van der Waals surface area contributed by atoms with Crippen LogP contribution in [-0.4, -0.2) is 24.3 Å². The third kappa shape index (κ3) is 3.76. The van der Waals surface area contributed by atoms with Crippen LogP contribution in [0.3, 0.4) is 0 Å². The second-order valence-electron chi connectivity index (χ2n) is 3.12. The molecule has 94 valence electrons. The number of carbonyl (C=O) groups is 1. The van der Waals surface area contributed by atoms with Crippen LogP contribution in [-0.2, 0) is 0 Å². The lowest BCUT2D eigenvalue weighted by molar-refractivity contribution is 0.108. The van der Waals surface area contributed by atoms with E-state index in [4.69, 9.17) is 32.7 Å². The molecule has 0 N–H and O–H groups in total. The summed E-state index contributed by atoms with van der Waals surface area (Å²) in [5, 5.41) is 0.378. The number of hydrogen-bond donors (Lipinski definition) is 0. The summed E-state index contributed by atoms with van der Waals surface area (Å²) in [6.45, 7) is 0.473. The van der Waals surface area contributed by atoms with Crippen LogP contribution in [0.15, 0.2) is 12.1 Å². The average molecular weight is 342 g/mol. The highest BCUT2D eigenvalue weighted by molar-refractivity contribution is 9.09. The molecule has 0 aliphatic heterocycles. The maximum Gasteiger partial charge on any atom is 0.254 e. The van der Waals surface area contributed by atoms with E-state index >= 15 is 0 Å². The zero-order valence-corrected chi connectivity index (χ0v) is 12.2. The molecule has 0 saturated carbocycles. The summed E-state index contributed by atoms with van der Waals surface area (Å²) in [5.74, 6) is 0.827. The highest BCUT2D eigenvalue weighted by Gasteiger charge is 2.17. The summed E-state index contributed by atoms with van der Waals surface area (Å²) in [5.41, 5.74) is 0.211. The molecule has 0 heterocycles. The second kappa shape index (κ2) is 7.09. The molecular formula is C11H11BrCl2O3. The molecule has 0 saturated heterocycles. The fraction of sp³-hybridized carbons (Fsp3) is 0.364. The zero-order valence-electron chi connectivity index (χ0n) is 9.13. The Morgan fingerprint density at radius 3 is 2.71 bits per heavy atom. The summed E-state index contributed by atoms with van der Waals surface area (Å²) in [4.78, 5) is 11.1. The van der Waals surface area contributed by atoms with E-state index in [-0.39, 0.29) is 10.6 Å². The molecule has 0 amide bonds. The van der Waals surface area contributed by atoms with Crippen molar-refractivity contribution in [2.45, 2.75) is 6.42 Å². The van der Waals surface area contributed by atoms with Gasteiger partial charge < -0.3 is 9.47 Å². The smallest absolute Gasteiger partial charge is 0.254 e. The molecule has 0 spiro atoms. The van der Waals surface area contributed by atoms with Crippen molar-refractivity contribution in [2.24, 2.45) is 0 Å². The zero-order chi connectivity index (χ0) is 12.8. The molecule has 0 atom stereocenters. The van der Waals surface area contributed by atoms with E-state index in [1.807, 2.05) is 0 Å². The van der Waals surface area contributed by atoms with Crippen LogP contribution < -0.4 is 9.47 Å². The highest BCUT2D eigenvalue weighted by atomic mass is 79.9. The van der Waals surface area contributed by atoms with Gasteiger partial charge in [0, 0.05) is 5.33 Å². The van der Waals surface area contributed by atoms with Gasteiger partial charge in [0.05, 0.1) is 24.3 Å². The van der Waals surface area contributed by atoms with Crippen LogP contribution >= 0.6 is 39.1 Å². The van der Waals surface area contributed by atoms with Crippen molar-refractivity contribution < 1.29 is 14.3 Å². The first-order valence-corrected chi connectivity index (χ1v) is 6.74. The predicted molar refractivity (Wildman–Crippen MR) is 72.1 cm³/mol. The number of methoxy groups -OCH3 is 1. The fourth-order valence-electron chi connectivity index (χ4n) is 1.21. The van der Waals surface area contributed by atoms with E-state index < -0.39 is 5.24 Å². The first-order valence-electron chi connectivity index (χ1n) is 4.87. The Bertz CT molecular complexity index is 410. The molecule has 6 heteroatoms. The highest BCUT2D eigenvalue weighted by Crippen LogP contribution is 2.38. The fourth-order valence-corrected chi connectivity index (χ4v) is 1.95. The standard InChI is InChI=1S/C11H11BrCl2O3/c1-16-8-4-3-7(11(14)15)9(13)10(8)17-6-2-5-12/h3-4H,2,5-6H2,1H3. The Labute approximate surface area is 118 Å². The van der Waals surface area contributed by atoms with E-state index in [1.54, 1.807) is 6.07 Å². The summed E-state index contributed by atoms with van der Waals surface area (Å²) in [7, 11) is 1.51. The molecule has 0 fully saturated rings. The van der Waals surface area contributed by atoms with Gasteiger partial charge >= 0.3 is 0 Å².